The number of aliphatic imine (C=N–C) groups is 1. The third-order valence-corrected chi connectivity index (χ3v) is 5.88. The highest BCUT2D eigenvalue weighted by Crippen LogP contribution is 2.14. The van der Waals surface area contributed by atoms with Crippen molar-refractivity contribution in [1.29, 1.82) is 0 Å². The third-order valence-electron chi connectivity index (χ3n) is 4.05. The normalized spacial score (nSPS) is 11.8. The summed E-state index contributed by atoms with van der Waals surface area (Å²) >= 11 is 0. The Hall–Kier alpha value is -1.65. The van der Waals surface area contributed by atoms with E-state index in [9.17, 15) is 8.42 Å². The van der Waals surface area contributed by atoms with Gasteiger partial charge in [-0.2, -0.15) is 0 Å². The fourth-order valence-corrected chi connectivity index (χ4v) is 3.28. The van der Waals surface area contributed by atoms with Crippen LogP contribution < -0.4 is 10.6 Å². The Kier molecular flexibility index (Phi) is 9.91. The topological polar surface area (TPSA) is 73.8 Å². The molecule has 8 heteroatoms. The number of nitrogens with one attached hydrogen (secondary N) is 2. The van der Waals surface area contributed by atoms with Crippen molar-refractivity contribution < 1.29 is 8.42 Å². The zero-order valence-electron chi connectivity index (χ0n) is 16.8. The molecule has 2 aromatic carbocycles. The van der Waals surface area contributed by atoms with Gasteiger partial charge in [0.25, 0.3) is 0 Å². The van der Waals surface area contributed by atoms with Crippen LogP contribution in [0.1, 0.15) is 23.6 Å². The maximum atomic E-state index is 12.1. The highest BCUT2D eigenvalue weighted by molar-refractivity contribution is 14.0. The fourth-order valence-electron chi connectivity index (χ4n) is 2.38. The Bertz CT molecular complexity index is 864. The van der Waals surface area contributed by atoms with E-state index in [2.05, 4.69) is 46.8 Å². The van der Waals surface area contributed by atoms with Crippen molar-refractivity contribution in [3.63, 3.8) is 0 Å². The Labute approximate surface area is 185 Å². The molecule has 2 aromatic rings. The molecule has 0 aliphatic heterocycles. The highest BCUT2D eigenvalue weighted by Gasteiger charge is 2.16. The van der Waals surface area contributed by atoms with Gasteiger partial charge in [-0.1, -0.05) is 42.0 Å². The lowest BCUT2D eigenvalue weighted by Gasteiger charge is -2.12. The molecule has 0 saturated heterocycles. The molecule has 0 spiro atoms. The number of benzene rings is 2. The van der Waals surface area contributed by atoms with Crippen LogP contribution in [-0.4, -0.2) is 39.3 Å². The lowest BCUT2D eigenvalue weighted by Crippen LogP contribution is -2.36. The van der Waals surface area contributed by atoms with Crippen LogP contribution in [0.3, 0.4) is 0 Å². The Morgan fingerprint density at radius 1 is 0.964 bits per heavy atom. The minimum Gasteiger partial charge on any atom is -0.357 e. The second kappa shape index (κ2) is 11.4. The van der Waals surface area contributed by atoms with Gasteiger partial charge in [-0.05, 0) is 37.1 Å². The summed E-state index contributed by atoms with van der Waals surface area (Å²) in [4.78, 5) is 4.86. The van der Waals surface area contributed by atoms with E-state index in [0.717, 1.165) is 18.1 Å². The summed E-state index contributed by atoms with van der Waals surface area (Å²) in [6.07, 6.45) is 0. The summed E-state index contributed by atoms with van der Waals surface area (Å²) in [5.74, 6) is 0.725. The molecular weight excluding hydrogens is 487 g/mol. The summed E-state index contributed by atoms with van der Waals surface area (Å²) < 4.78 is 25.4. The molecule has 2 rings (SSSR count). The maximum absolute atomic E-state index is 12.1. The van der Waals surface area contributed by atoms with E-state index < -0.39 is 10.0 Å². The third kappa shape index (κ3) is 7.06. The molecule has 0 unspecified atom stereocenters. The second-order valence-electron chi connectivity index (χ2n) is 6.47. The molecule has 0 fully saturated rings. The van der Waals surface area contributed by atoms with Crippen LogP contribution in [0.2, 0.25) is 0 Å². The number of guanidine groups is 1. The number of sulfonamides is 1. The van der Waals surface area contributed by atoms with Crippen molar-refractivity contribution in [2.24, 2.45) is 4.99 Å². The van der Waals surface area contributed by atoms with Crippen LogP contribution in [0.4, 0.5) is 0 Å². The first-order chi connectivity index (χ1) is 12.8. The van der Waals surface area contributed by atoms with E-state index in [1.807, 2.05) is 6.92 Å². The summed E-state index contributed by atoms with van der Waals surface area (Å²) in [5, 5.41) is 6.53. The first-order valence-electron chi connectivity index (χ1n) is 8.92. The fraction of sp³-hybridized carbons (Fsp3) is 0.350. The predicted octanol–water partition coefficient (Wildman–Crippen LogP) is 3.12. The van der Waals surface area contributed by atoms with Crippen LogP contribution in [0.5, 0.6) is 0 Å². The summed E-state index contributed by atoms with van der Waals surface area (Å²) in [6, 6.07) is 15.2. The van der Waals surface area contributed by atoms with Gasteiger partial charge in [0.1, 0.15) is 0 Å². The average Bonchev–Trinajstić information content (AvgIpc) is 2.65. The van der Waals surface area contributed by atoms with Gasteiger partial charge in [0.05, 0.1) is 11.4 Å². The number of nitrogens with zero attached hydrogens (tertiary/aromatic N) is 2. The molecule has 0 bridgehead atoms. The van der Waals surface area contributed by atoms with E-state index >= 15 is 0 Å². The van der Waals surface area contributed by atoms with Crippen molar-refractivity contribution in [3.8, 4) is 0 Å². The van der Waals surface area contributed by atoms with E-state index in [4.69, 9.17) is 0 Å². The zero-order chi connectivity index (χ0) is 19.9. The van der Waals surface area contributed by atoms with Crippen molar-refractivity contribution in [3.05, 3.63) is 65.2 Å². The van der Waals surface area contributed by atoms with Gasteiger partial charge in [0.15, 0.2) is 5.96 Å². The monoisotopic (exact) mass is 516 g/mol. The van der Waals surface area contributed by atoms with Crippen molar-refractivity contribution in [2.45, 2.75) is 31.8 Å². The quantitative estimate of drug-likeness (QED) is 0.337. The molecule has 6 nitrogen and oxygen atoms in total. The number of hydrogen-bond donors (Lipinski definition) is 2. The molecule has 0 aliphatic rings. The standard InChI is InChI=1S/C20H28N4O2S.HI/c1-5-21-20(22-14-17-8-6-16(2)7-9-17)23-15-18-10-12-19(13-11-18)27(25,26)24(3)4;/h6-13H,5,14-15H2,1-4H3,(H2,21,22,23);1H. The van der Waals surface area contributed by atoms with Gasteiger partial charge in [-0.15, -0.1) is 24.0 Å². The molecule has 0 amide bonds. The molecule has 0 radical (unpaired) electrons. The lowest BCUT2D eigenvalue weighted by atomic mass is 10.1. The van der Waals surface area contributed by atoms with Crippen LogP contribution in [0.25, 0.3) is 0 Å². The van der Waals surface area contributed by atoms with E-state index in [-0.39, 0.29) is 28.9 Å². The van der Waals surface area contributed by atoms with E-state index in [0.29, 0.717) is 13.1 Å². The number of rotatable bonds is 7. The zero-order valence-corrected chi connectivity index (χ0v) is 19.9. The van der Waals surface area contributed by atoms with Crippen molar-refractivity contribution >= 4 is 40.0 Å². The van der Waals surface area contributed by atoms with Gasteiger partial charge in [-0.25, -0.2) is 17.7 Å². The molecule has 0 saturated carbocycles. The molecular formula is C20H29IN4O2S. The van der Waals surface area contributed by atoms with Crippen molar-refractivity contribution in [2.75, 3.05) is 20.6 Å². The Morgan fingerprint density at radius 3 is 2.07 bits per heavy atom. The number of hydrogen-bond acceptors (Lipinski definition) is 3. The maximum Gasteiger partial charge on any atom is 0.242 e. The second-order valence-corrected chi connectivity index (χ2v) is 8.62. The first-order valence-corrected chi connectivity index (χ1v) is 10.4. The number of halogens is 1. The van der Waals surface area contributed by atoms with Crippen LogP contribution in [0, 0.1) is 6.92 Å². The lowest BCUT2D eigenvalue weighted by molar-refractivity contribution is 0.520. The molecule has 0 aromatic heterocycles. The molecule has 0 atom stereocenters. The van der Waals surface area contributed by atoms with Gasteiger partial charge in [0, 0.05) is 27.2 Å². The molecule has 28 heavy (non-hydrogen) atoms. The molecule has 0 heterocycles. The van der Waals surface area contributed by atoms with Gasteiger partial charge in [-0.3, -0.25) is 0 Å². The van der Waals surface area contributed by atoms with Crippen molar-refractivity contribution in [1.82, 2.24) is 14.9 Å². The summed E-state index contributed by atoms with van der Waals surface area (Å²) in [5.41, 5.74) is 3.36. The SMILES string of the molecule is CCNC(=NCc1ccc(S(=O)(=O)N(C)C)cc1)NCc1ccc(C)cc1.I. The minimum atomic E-state index is -3.40. The Morgan fingerprint density at radius 2 is 1.54 bits per heavy atom. The molecule has 2 N–H and O–H groups in total. The smallest absolute Gasteiger partial charge is 0.242 e. The molecule has 0 aliphatic carbocycles. The minimum absolute atomic E-state index is 0. The Balaban J connectivity index is 0.00000392. The number of aryl methyl sites for hydroxylation is 1. The van der Waals surface area contributed by atoms with Crippen LogP contribution in [0.15, 0.2) is 58.4 Å². The highest BCUT2D eigenvalue weighted by atomic mass is 127. The van der Waals surface area contributed by atoms with Gasteiger partial charge >= 0.3 is 0 Å². The first kappa shape index (κ1) is 24.4. The summed E-state index contributed by atoms with van der Waals surface area (Å²) in [6.45, 7) is 6.00. The van der Waals surface area contributed by atoms with Gasteiger partial charge < -0.3 is 10.6 Å². The van der Waals surface area contributed by atoms with Crippen LogP contribution in [-0.2, 0) is 23.1 Å². The predicted molar refractivity (Wildman–Crippen MR) is 126 cm³/mol. The van der Waals surface area contributed by atoms with E-state index in [1.165, 1.54) is 29.5 Å². The average molecular weight is 516 g/mol. The van der Waals surface area contributed by atoms with Gasteiger partial charge in [0.2, 0.25) is 10.0 Å². The van der Waals surface area contributed by atoms with E-state index in [1.54, 1.807) is 24.3 Å². The largest absolute Gasteiger partial charge is 0.357 e. The summed E-state index contributed by atoms with van der Waals surface area (Å²) in [7, 11) is -0.356. The molecule has 154 valence electrons. The van der Waals surface area contributed by atoms with Crippen LogP contribution >= 0.6 is 24.0 Å².